The number of nitrogens with one attached hydrogen (secondary N) is 1. The van der Waals surface area contributed by atoms with E-state index in [0.717, 1.165) is 26.2 Å². The lowest BCUT2D eigenvalue weighted by molar-refractivity contribution is 0.271. The predicted octanol–water partition coefficient (Wildman–Crippen LogP) is 3.09. The summed E-state index contributed by atoms with van der Waals surface area (Å²) in [4.78, 5) is 4.99. The molecule has 1 saturated heterocycles. The van der Waals surface area contributed by atoms with Gasteiger partial charge in [0.1, 0.15) is 0 Å². The van der Waals surface area contributed by atoms with Crippen molar-refractivity contribution >= 4 is 21.6 Å². The Morgan fingerprint density at radius 3 is 2.45 bits per heavy atom. The molecule has 0 radical (unpaired) electrons. The van der Waals surface area contributed by atoms with Crippen LogP contribution in [-0.4, -0.2) is 43.7 Å². The molecule has 3 nitrogen and oxygen atoms in total. The van der Waals surface area contributed by atoms with Crippen LogP contribution in [0.25, 0.3) is 0 Å². The summed E-state index contributed by atoms with van der Waals surface area (Å²) in [5, 5.41) is 3.46. The molecular formula is C16H26BrN3. The average molecular weight is 340 g/mol. The minimum absolute atomic E-state index is 0.517. The largest absolute Gasteiger partial charge is 0.369 e. The average Bonchev–Trinajstić information content (AvgIpc) is 2.46. The second-order valence-electron chi connectivity index (χ2n) is 5.73. The number of hydrogen-bond acceptors (Lipinski definition) is 3. The Morgan fingerprint density at radius 2 is 1.90 bits per heavy atom. The number of nitrogens with zero attached hydrogens (tertiary/aromatic N) is 2. The Balaban J connectivity index is 1.98. The van der Waals surface area contributed by atoms with E-state index < -0.39 is 0 Å². The fraction of sp³-hybridized carbons (Fsp3) is 0.625. The third kappa shape index (κ3) is 4.21. The van der Waals surface area contributed by atoms with Crippen molar-refractivity contribution in [3.8, 4) is 0 Å². The van der Waals surface area contributed by atoms with Crippen molar-refractivity contribution in [2.75, 3.05) is 37.6 Å². The Morgan fingerprint density at radius 1 is 1.20 bits per heavy atom. The molecule has 0 atom stereocenters. The molecule has 0 unspecified atom stereocenters. The van der Waals surface area contributed by atoms with Gasteiger partial charge in [-0.25, -0.2) is 0 Å². The molecule has 112 valence electrons. The molecule has 0 aliphatic carbocycles. The molecule has 1 aliphatic rings. The summed E-state index contributed by atoms with van der Waals surface area (Å²) in [6.07, 6.45) is 0. The van der Waals surface area contributed by atoms with Crippen molar-refractivity contribution in [3.63, 3.8) is 0 Å². The van der Waals surface area contributed by atoms with Gasteiger partial charge < -0.3 is 15.1 Å². The van der Waals surface area contributed by atoms with Crippen LogP contribution in [0.15, 0.2) is 22.7 Å². The highest BCUT2D eigenvalue weighted by atomic mass is 79.9. The predicted molar refractivity (Wildman–Crippen MR) is 90.4 cm³/mol. The summed E-state index contributed by atoms with van der Waals surface area (Å²) in [5.41, 5.74) is 2.66. The number of benzene rings is 1. The number of halogens is 1. The zero-order valence-corrected chi connectivity index (χ0v) is 14.4. The van der Waals surface area contributed by atoms with E-state index in [4.69, 9.17) is 0 Å². The maximum Gasteiger partial charge on any atom is 0.0378 e. The van der Waals surface area contributed by atoms with Gasteiger partial charge in [0.15, 0.2) is 0 Å². The molecule has 2 rings (SSSR count). The van der Waals surface area contributed by atoms with E-state index >= 15 is 0 Å². The van der Waals surface area contributed by atoms with E-state index in [1.54, 1.807) is 0 Å². The van der Waals surface area contributed by atoms with Gasteiger partial charge in [0, 0.05) is 48.9 Å². The quantitative estimate of drug-likeness (QED) is 0.889. The summed E-state index contributed by atoms with van der Waals surface area (Å²) in [7, 11) is 0. The van der Waals surface area contributed by atoms with Crippen LogP contribution in [0.1, 0.15) is 26.3 Å². The first-order valence-electron chi connectivity index (χ1n) is 7.59. The topological polar surface area (TPSA) is 18.5 Å². The molecule has 1 aliphatic heterocycles. The molecule has 1 fully saturated rings. The second kappa shape index (κ2) is 7.43. The van der Waals surface area contributed by atoms with Gasteiger partial charge in [0.05, 0.1) is 0 Å². The molecule has 1 heterocycles. The molecular weight excluding hydrogens is 314 g/mol. The van der Waals surface area contributed by atoms with E-state index in [-0.39, 0.29) is 0 Å². The number of hydrogen-bond donors (Lipinski definition) is 1. The highest BCUT2D eigenvalue weighted by Crippen LogP contribution is 2.25. The highest BCUT2D eigenvalue weighted by Gasteiger charge is 2.16. The monoisotopic (exact) mass is 339 g/mol. The molecule has 0 spiro atoms. The second-order valence-corrected chi connectivity index (χ2v) is 6.59. The Kier molecular flexibility index (Phi) is 5.87. The van der Waals surface area contributed by atoms with Gasteiger partial charge in [-0.2, -0.15) is 0 Å². The van der Waals surface area contributed by atoms with Crippen LogP contribution in [0.3, 0.4) is 0 Å². The Bertz CT molecular complexity index is 426. The lowest BCUT2D eigenvalue weighted by atomic mass is 10.1. The summed E-state index contributed by atoms with van der Waals surface area (Å²) in [6.45, 7) is 13.3. The fourth-order valence-corrected chi connectivity index (χ4v) is 3.02. The summed E-state index contributed by atoms with van der Waals surface area (Å²) >= 11 is 3.71. The van der Waals surface area contributed by atoms with Crippen LogP contribution in [0, 0.1) is 0 Å². The van der Waals surface area contributed by atoms with Gasteiger partial charge in [-0.05, 0) is 24.2 Å². The summed E-state index contributed by atoms with van der Waals surface area (Å²) in [6, 6.07) is 7.27. The maximum absolute atomic E-state index is 3.71. The normalized spacial score (nSPS) is 16.9. The van der Waals surface area contributed by atoms with Crippen molar-refractivity contribution < 1.29 is 0 Å². The van der Waals surface area contributed by atoms with Crippen LogP contribution in [0.2, 0.25) is 0 Å². The number of rotatable bonds is 5. The van der Waals surface area contributed by atoms with Crippen molar-refractivity contribution in [3.05, 3.63) is 28.2 Å². The zero-order valence-electron chi connectivity index (χ0n) is 12.8. The summed E-state index contributed by atoms with van der Waals surface area (Å²) < 4.78 is 1.21. The molecule has 0 bridgehead atoms. The first-order valence-corrected chi connectivity index (χ1v) is 8.38. The van der Waals surface area contributed by atoms with E-state index in [0.29, 0.717) is 6.04 Å². The lowest BCUT2D eigenvalue weighted by Crippen LogP contribution is -2.46. The van der Waals surface area contributed by atoms with Gasteiger partial charge in [-0.1, -0.05) is 42.8 Å². The molecule has 0 aromatic heterocycles. The molecule has 1 N–H and O–H groups in total. The highest BCUT2D eigenvalue weighted by molar-refractivity contribution is 9.10. The maximum atomic E-state index is 3.71. The number of likely N-dealkylation sites (N-methyl/N-ethyl adjacent to an activating group) is 1. The van der Waals surface area contributed by atoms with E-state index in [9.17, 15) is 0 Å². The van der Waals surface area contributed by atoms with Gasteiger partial charge in [-0.3, -0.25) is 0 Å². The smallest absolute Gasteiger partial charge is 0.0378 e. The Hall–Kier alpha value is -0.580. The third-order valence-corrected chi connectivity index (χ3v) is 4.66. The molecule has 0 saturated carbocycles. The van der Waals surface area contributed by atoms with Crippen LogP contribution < -0.4 is 10.2 Å². The van der Waals surface area contributed by atoms with Gasteiger partial charge in [0.25, 0.3) is 0 Å². The Labute approximate surface area is 131 Å². The zero-order chi connectivity index (χ0) is 14.5. The van der Waals surface area contributed by atoms with Crippen LogP contribution in [-0.2, 0) is 6.54 Å². The first-order chi connectivity index (χ1) is 9.60. The first kappa shape index (κ1) is 15.8. The van der Waals surface area contributed by atoms with Crippen LogP contribution in [0.4, 0.5) is 5.69 Å². The molecule has 4 heteroatoms. The molecule has 1 aromatic rings. The third-order valence-electron chi connectivity index (χ3n) is 3.92. The van der Waals surface area contributed by atoms with Crippen molar-refractivity contribution in [1.82, 2.24) is 10.2 Å². The molecule has 20 heavy (non-hydrogen) atoms. The van der Waals surface area contributed by atoms with Crippen molar-refractivity contribution in [1.29, 1.82) is 0 Å². The number of anilines is 1. The van der Waals surface area contributed by atoms with Crippen LogP contribution >= 0.6 is 15.9 Å². The van der Waals surface area contributed by atoms with Crippen LogP contribution in [0.5, 0.6) is 0 Å². The lowest BCUT2D eigenvalue weighted by Gasteiger charge is -2.35. The SMILES string of the molecule is CCN1CCN(c2ccc(CNC(C)C)c(Br)c2)CC1. The standard InChI is InChI=1S/C16H26BrN3/c1-4-19-7-9-20(10-8-19)15-6-5-14(16(17)11-15)12-18-13(2)3/h5-6,11,13,18H,4,7-10,12H2,1-3H3. The van der Waals surface area contributed by atoms with Crippen molar-refractivity contribution in [2.24, 2.45) is 0 Å². The van der Waals surface area contributed by atoms with Gasteiger partial charge in [-0.15, -0.1) is 0 Å². The fourth-order valence-electron chi connectivity index (χ4n) is 2.51. The number of piperazine rings is 1. The van der Waals surface area contributed by atoms with E-state index in [1.807, 2.05) is 0 Å². The summed E-state index contributed by atoms with van der Waals surface area (Å²) in [5.74, 6) is 0. The van der Waals surface area contributed by atoms with Gasteiger partial charge in [0.2, 0.25) is 0 Å². The minimum Gasteiger partial charge on any atom is -0.369 e. The van der Waals surface area contributed by atoms with E-state index in [1.165, 1.54) is 28.8 Å². The van der Waals surface area contributed by atoms with Gasteiger partial charge >= 0.3 is 0 Å². The van der Waals surface area contributed by atoms with Crippen molar-refractivity contribution in [2.45, 2.75) is 33.4 Å². The minimum atomic E-state index is 0.517. The van der Waals surface area contributed by atoms with E-state index in [2.05, 4.69) is 70.0 Å². The molecule has 0 amide bonds. The molecule has 1 aromatic carbocycles.